The molecule has 2 amide bonds. The molecule has 2 aromatic heterocycles. The lowest BCUT2D eigenvalue weighted by Crippen LogP contribution is -3.15. The Balaban J connectivity index is 1.64. The van der Waals surface area contributed by atoms with Crippen LogP contribution in [0.25, 0.3) is 0 Å². The van der Waals surface area contributed by atoms with Crippen LogP contribution < -0.4 is 10.2 Å². The standard InChI is InChI=1S/C25H29N3O3S2/c1-4-31-25(30)28-14-12-27(13-15-28)22(20-11-8-16-32-20)21-17(2)18(3)33-24(21)26-23(29)19-9-6-5-7-10-19/h5-11,16,22H,4,12-15H2,1-3H3,(H,26,29)/p+1. The molecule has 174 valence electrons. The van der Waals surface area contributed by atoms with E-state index in [0.717, 1.165) is 18.1 Å². The Kier molecular flexibility index (Phi) is 7.47. The van der Waals surface area contributed by atoms with E-state index in [1.165, 1.54) is 25.8 Å². The third kappa shape index (κ3) is 5.13. The average molecular weight is 485 g/mol. The molecular weight excluding hydrogens is 454 g/mol. The summed E-state index contributed by atoms with van der Waals surface area (Å²) in [6.45, 7) is 9.44. The molecule has 2 N–H and O–H groups in total. The van der Waals surface area contributed by atoms with Gasteiger partial charge in [-0.15, -0.1) is 22.7 Å². The van der Waals surface area contributed by atoms with E-state index >= 15 is 0 Å². The van der Waals surface area contributed by atoms with E-state index in [4.69, 9.17) is 4.74 Å². The number of hydrogen-bond donors (Lipinski definition) is 2. The zero-order valence-corrected chi connectivity index (χ0v) is 20.9. The fraction of sp³-hybridized carbons (Fsp3) is 0.360. The zero-order chi connectivity index (χ0) is 23.4. The van der Waals surface area contributed by atoms with Crippen molar-refractivity contribution in [2.24, 2.45) is 0 Å². The Morgan fingerprint density at radius 2 is 1.85 bits per heavy atom. The second kappa shape index (κ2) is 10.5. The van der Waals surface area contributed by atoms with Gasteiger partial charge in [-0.05, 0) is 49.9 Å². The molecule has 0 bridgehead atoms. The number of carbonyl (C=O) groups excluding carboxylic acids is 2. The minimum Gasteiger partial charge on any atom is -0.450 e. The number of carbonyl (C=O) groups is 2. The van der Waals surface area contributed by atoms with Crippen molar-refractivity contribution < 1.29 is 19.2 Å². The molecule has 6 nitrogen and oxygen atoms in total. The molecule has 0 spiro atoms. The number of quaternary nitrogens is 1. The summed E-state index contributed by atoms with van der Waals surface area (Å²) < 4.78 is 5.20. The molecule has 0 saturated carbocycles. The van der Waals surface area contributed by atoms with Crippen LogP contribution in [0.15, 0.2) is 47.8 Å². The van der Waals surface area contributed by atoms with Gasteiger partial charge in [0.1, 0.15) is 5.00 Å². The highest BCUT2D eigenvalue weighted by atomic mass is 32.1. The molecular formula is C25H30N3O3S2+. The molecule has 33 heavy (non-hydrogen) atoms. The number of piperazine rings is 1. The molecule has 0 radical (unpaired) electrons. The molecule has 1 fully saturated rings. The van der Waals surface area contributed by atoms with Gasteiger partial charge in [-0.3, -0.25) is 9.69 Å². The topological polar surface area (TPSA) is 63.1 Å². The van der Waals surface area contributed by atoms with E-state index in [9.17, 15) is 9.59 Å². The Bertz CT molecular complexity index is 1090. The highest BCUT2D eigenvalue weighted by Gasteiger charge is 2.36. The smallest absolute Gasteiger partial charge is 0.410 e. The van der Waals surface area contributed by atoms with Crippen LogP contribution in [0.5, 0.6) is 0 Å². The van der Waals surface area contributed by atoms with Gasteiger partial charge in [0, 0.05) is 10.4 Å². The van der Waals surface area contributed by atoms with E-state index in [1.807, 2.05) is 37.3 Å². The van der Waals surface area contributed by atoms with Gasteiger partial charge in [0.05, 0.1) is 43.2 Å². The number of nitrogens with one attached hydrogen (secondary N) is 2. The Labute approximate surface area is 202 Å². The molecule has 1 saturated heterocycles. The summed E-state index contributed by atoms with van der Waals surface area (Å²) in [5.74, 6) is -0.0924. The number of hydrogen-bond acceptors (Lipinski definition) is 5. The number of rotatable bonds is 6. The number of benzene rings is 1. The van der Waals surface area contributed by atoms with Crippen molar-refractivity contribution in [2.75, 3.05) is 38.1 Å². The summed E-state index contributed by atoms with van der Waals surface area (Å²) in [6, 6.07) is 13.7. The Hall–Kier alpha value is -2.68. The van der Waals surface area contributed by atoms with Gasteiger partial charge in [0.25, 0.3) is 5.91 Å². The number of anilines is 1. The van der Waals surface area contributed by atoms with Crippen molar-refractivity contribution in [3.63, 3.8) is 0 Å². The van der Waals surface area contributed by atoms with Gasteiger partial charge in [0.2, 0.25) is 0 Å². The average Bonchev–Trinajstić information content (AvgIpc) is 3.45. The van der Waals surface area contributed by atoms with Crippen LogP contribution in [0.4, 0.5) is 9.80 Å². The summed E-state index contributed by atoms with van der Waals surface area (Å²) in [4.78, 5) is 30.8. The summed E-state index contributed by atoms with van der Waals surface area (Å²) in [5, 5.41) is 6.22. The normalized spacial score (nSPS) is 15.3. The van der Waals surface area contributed by atoms with Crippen molar-refractivity contribution in [1.82, 2.24) is 4.90 Å². The number of nitrogens with zero attached hydrogens (tertiary/aromatic N) is 1. The number of ether oxygens (including phenoxy) is 1. The lowest BCUT2D eigenvalue weighted by Gasteiger charge is -2.36. The highest BCUT2D eigenvalue weighted by molar-refractivity contribution is 7.16. The fourth-order valence-electron chi connectivity index (χ4n) is 4.33. The molecule has 3 aromatic rings. The van der Waals surface area contributed by atoms with Crippen LogP contribution in [0.3, 0.4) is 0 Å². The summed E-state index contributed by atoms with van der Waals surface area (Å²) in [5.41, 5.74) is 3.06. The molecule has 0 aliphatic carbocycles. The van der Waals surface area contributed by atoms with Crippen molar-refractivity contribution in [2.45, 2.75) is 26.8 Å². The largest absolute Gasteiger partial charge is 0.450 e. The first-order valence-corrected chi connectivity index (χ1v) is 12.9. The maximum absolute atomic E-state index is 13.0. The first kappa shape index (κ1) is 23.5. The van der Waals surface area contributed by atoms with E-state index in [1.54, 1.807) is 27.6 Å². The Morgan fingerprint density at radius 1 is 1.12 bits per heavy atom. The Morgan fingerprint density at radius 3 is 2.48 bits per heavy atom. The highest BCUT2D eigenvalue weighted by Crippen LogP contribution is 2.39. The van der Waals surface area contributed by atoms with Crippen LogP contribution in [0, 0.1) is 13.8 Å². The van der Waals surface area contributed by atoms with E-state index in [-0.39, 0.29) is 18.0 Å². The monoisotopic (exact) mass is 484 g/mol. The molecule has 1 aliphatic rings. The summed E-state index contributed by atoms with van der Waals surface area (Å²) in [7, 11) is 0. The second-order valence-corrected chi connectivity index (χ2v) is 10.3. The van der Waals surface area contributed by atoms with E-state index in [0.29, 0.717) is 25.3 Å². The van der Waals surface area contributed by atoms with Crippen LogP contribution in [0.1, 0.15) is 44.2 Å². The van der Waals surface area contributed by atoms with Crippen LogP contribution in [-0.4, -0.2) is 49.7 Å². The molecule has 1 aliphatic heterocycles. The first-order chi connectivity index (χ1) is 16.0. The molecule has 1 aromatic carbocycles. The number of amides is 2. The predicted octanol–water partition coefficient (Wildman–Crippen LogP) is 4.13. The van der Waals surface area contributed by atoms with Crippen molar-refractivity contribution in [3.05, 3.63) is 74.3 Å². The minimum atomic E-state index is -0.234. The van der Waals surface area contributed by atoms with E-state index < -0.39 is 0 Å². The summed E-state index contributed by atoms with van der Waals surface area (Å²) >= 11 is 3.38. The van der Waals surface area contributed by atoms with E-state index in [2.05, 4.69) is 36.7 Å². The van der Waals surface area contributed by atoms with Gasteiger partial charge in [-0.2, -0.15) is 0 Å². The third-order valence-corrected chi connectivity index (χ3v) is 8.23. The van der Waals surface area contributed by atoms with Gasteiger partial charge >= 0.3 is 6.09 Å². The quantitative estimate of drug-likeness (QED) is 0.553. The second-order valence-electron chi connectivity index (χ2n) is 8.14. The number of aryl methyl sites for hydroxylation is 1. The van der Waals surface area contributed by atoms with Crippen molar-refractivity contribution in [1.29, 1.82) is 0 Å². The lowest BCUT2D eigenvalue weighted by atomic mass is 9.99. The SMILES string of the molecule is CCOC(=O)N1CC[NH+](C(c2cccs2)c2c(NC(=O)c3ccccc3)sc(C)c2C)CC1. The molecule has 8 heteroatoms. The van der Waals surface area contributed by atoms with Gasteiger partial charge in [-0.1, -0.05) is 24.3 Å². The third-order valence-electron chi connectivity index (χ3n) is 6.15. The van der Waals surface area contributed by atoms with Crippen LogP contribution >= 0.6 is 22.7 Å². The first-order valence-electron chi connectivity index (χ1n) is 11.3. The van der Waals surface area contributed by atoms with Crippen molar-refractivity contribution >= 4 is 39.7 Å². The summed E-state index contributed by atoms with van der Waals surface area (Å²) in [6.07, 6.45) is -0.234. The van der Waals surface area contributed by atoms with Crippen molar-refractivity contribution in [3.8, 4) is 0 Å². The van der Waals surface area contributed by atoms with Gasteiger partial charge in [-0.25, -0.2) is 4.79 Å². The van der Waals surface area contributed by atoms with Gasteiger partial charge < -0.3 is 15.0 Å². The van der Waals surface area contributed by atoms with Gasteiger partial charge in [0.15, 0.2) is 6.04 Å². The maximum Gasteiger partial charge on any atom is 0.410 e. The maximum atomic E-state index is 13.0. The molecule has 1 atom stereocenters. The lowest BCUT2D eigenvalue weighted by molar-refractivity contribution is -0.929. The zero-order valence-electron chi connectivity index (χ0n) is 19.2. The predicted molar refractivity (Wildman–Crippen MR) is 134 cm³/mol. The number of thiophene rings is 2. The minimum absolute atomic E-state index is 0.0924. The molecule has 3 heterocycles. The van der Waals surface area contributed by atoms with Crippen LogP contribution in [0.2, 0.25) is 0 Å². The van der Waals surface area contributed by atoms with Crippen LogP contribution in [-0.2, 0) is 4.74 Å². The fourth-order valence-corrected chi connectivity index (χ4v) is 6.32. The molecule has 4 rings (SSSR count). The molecule has 1 unspecified atom stereocenters.